The van der Waals surface area contributed by atoms with Gasteiger partial charge in [-0.3, -0.25) is 4.79 Å². The Kier molecular flexibility index (Phi) is 7.91. The van der Waals surface area contributed by atoms with Crippen molar-refractivity contribution in [3.8, 4) is 11.1 Å². The molecule has 204 valence electrons. The van der Waals surface area contributed by atoms with E-state index >= 15 is 0 Å². The molecule has 1 amide bonds. The van der Waals surface area contributed by atoms with Crippen LogP contribution < -0.4 is 10.6 Å². The maximum Gasteiger partial charge on any atom is 0.415 e. The van der Waals surface area contributed by atoms with E-state index in [2.05, 4.69) is 25.6 Å². The molecule has 2 aliphatic carbocycles. The topological polar surface area (TPSA) is 129 Å². The zero-order valence-corrected chi connectivity index (χ0v) is 21.1. The third-order valence-corrected chi connectivity index (χ3v) is 7.92. The number of nitrogens with one attached hydrogen (secondary N) is 2. The molecule has 2 heterocycles. The molecule has 0 saturated heterocycles. The molecule has 2 aromatic heterocycles. The lowest BCUT2D eigenvalue weighted by molar-refractivity contribution is -0.202. The molecule has 0 radical (unpaired) electrons. The second-order valence-corrected chi connectivity index (χ2v) is 10.8. The number of alkyl halides is 3. The van der Waals surface area contributed by atoms with Crippen molar-refractivity contribution >= 4 is 32.6 Å². The third-order valence-electron chi connectivity index (χ3n) is 6.99. The number of aromatic nitrogens is 3. The van der Waals surface area contributed by atoms with E-state index in [-0.39, 0.29) is 30.6 Å². The Bertz CT molecular complexity index is 1270. The van der Waals surface area contributed by atoms with Gasteiger partial charge in [0.2, 0.25) is 5.91 Å². The standard InChI is InChI=1S/C25H28F3N5O4S/c26-25(27,28)21(35)11-29-16-6-14(7-16)23(36)33-24-32-17-5-4-13(8-20(17)38-24)15-9-30-22(31-10-15)12-37-19-3-1-2-18(19)34/h4-5,8-10,14,16,18-19,21,29,34-35H,1-3,6-7,11-12H2,(H,32,33,36)/t14?,16?,18-,19-,21?/m0/s1. The SMILES string of the molecule is O=C(Nc1nc2ccc(-c3cnc(CO[C@H]4CCC[C@@H]4O)nc3)cc2s1)C1CC(NCC(O)C(F)(F)F)C1. The first-order valence-corrected chi connectivity index (χ1v) is 13.3. The molecule has 0 spiro atoms. The number of aliphatic hydroxyl groups is 2. The fourth-order valence-corrected chi connectivity index (χ4v) is 5.53. The van der Waals surface area contributed by atoms with Gasteiger partial charge in [0, 0.05) is 36.5 Å². The highest BCUT2D eigenvalue weighted by Crippen LogP contribution is 2.33. The van der Waals surface area contributed by atoms with Crippen LogP contribution in [0.5, 0.6) is 0 Å². The van der Waals surface area contributed by atoms with Crippen molar-refractivity contribution in [2.24, 2.45) is 5.92 Å². The van der Waals surface area contributed by atoms with Crippen molar-refractivity contribution < 1.29 is 32.9 Å². The van der Waals surface area contributed by atoms with Crippen molar-refractivity contribution in [3.63, 3.8) is 0 Å². The summed E-state index contributed by atoms with van der Waals surface area (Å²) < 4.78 is 43.8. The lowest BCUT2D eigenvalue weighted by Gasteiger charge is -2.35. The van der Waals surface area contributed by atoms with Crippen LogP contribution >= 0.6 is 11.3 Å². The summed E-state index contributed by atoms with van der Waals surface area (Å²) in [7, 11) is 0. The average Bonchev–Trinajstić information content (AvgIpc) is 3.45. The van der Waals surface area contributed by atoms with Crippen molar-refractivity contribution in [3.05, 3.63) is 36.4 Å². The van der Waals surface area contributed by atoms with Crippen LogP contribution in [0.3, 0.4) is 0 Å². The zero-order chi connectivity index (χ0) is 26.9. The molecule has 5 rings (SSSR count). The van der Waals surface area contributed by atoms with E-state index in [4.69, 9.17) is 9.84 Å². The minimum Gasteiger partial charge on any atom is -0.390 e. The van der Waals surface area contributed by atoms with E-state index in [0.717, 1.165) is 40.6 Å². The lowest BCUT2D eigenvalue weighted by atomic mass is 9.79. The highest BCUT2D eigenvalue weighted by molar-refractivity contribution is 7.22. The van der Waals surface area contributed by atoms with Gasteiger partial charge in [0.25, 0.3) is 0 Å². The number of halogens is 3. The van der Waals surface area contributed by atoms with Gasteiger partial charge in [-0.2, -0.15) is 13.2 Å². The number of nitrogens with zero attached hydrogens (tertiary/aromatic N) is 3. The van der Waals surface area contributed by atoms with Gasteiger partial charge in [0.1, 0.15) is 6.61 Å². The number of hydrogen-bond acceptors (Lipinski definition) is 9. The van der Waals surface area contributed by atoms with Crippen LogP contribution in [-0.4, -0.2) is 68.1 Å². The van der Waals surface area contributed by atoms with E-state index in [1.165, 1.54) is 11.3 Å². The number of carbonyl (C=O) groups is 1. The number of amides is 1. The minimum atomic E-state index is -4.66. The monoisotopic (exact) mass is 551 g/mol. The zero-order valence-electron chi connectivity index (χ0n) is 20.3. The van der Waals surface area contributed by atoms with Crippen LogP contribution in [0.15, 0.2) is 30.6 Å². The van der Waals surface area contributed by atoms with E-state index < -0.39 is 24.9 Å². The lowest BCUT2D eigenvalue weighted by Crippen LogP contribution is -2.49. The summed E-state index contributed by atoms with van der Waals surface area (Å²) in [6.07, 6.45) is -0.890. The normalized spacial score (nSPS) is 24.3. The Morgan fingerprint density at radius 1 is 1.18 bits per heavy atom. The molecule has 1 unspecified atom stereocenters. The first kappa shape index (κ1) is 26.9. The molecule has 3 aromatic rings. The van der Waals surface area contributed by atoms with Gasteiger partial charge in [0.15, 0.2) is 17.1 Å². The van der Waals surface area contributed by atoms with Gasteiger partial charge in [-0.05, 0) is 49.8 Å². The van der Waals surface area contributed by atoms with Gasteiger partial charge >= 0.3 is 6.18 Å². The first-order valence-electron chi connectivity index (χ1n) is 12.5. The number of aliphatic hydroxyl groups excluding tert-OH is 2. The summed E-state index contributed by atoms with van der Waals surface area (Å²) in [6.45, 7) is -0.346. The van der Waals surface area contributed by atoms with E-state index in [1.807, 2.05) is 18.2 Å². The smallest absolute Gasteiger partial charge is 0.390 e. The average molecular weight is 552 g/mol. The van der Waals surface area contributed by atoms with Gasteiger partial charge < -0.3 is 25.6 Å². The molecule has 3 atom stereocenters. The predicted octanol–water partition coefficient (Wildman–Crippen LogP) is 3.41. The molecular weight excluding hydrogens is 523 g/mol. The van der Waals surface area contributed by atoms with E-state index in [0.29, 0.717) is 23.8 Å². The summed E-state index contributed by atoms with van der Waals surface area (Å²) in [6, 6.07) is 5.46. The highest BCUT2D eigenvalue weighted by atomic mass is 32.1. The predicted molar refractivity (Wildman–Crippen MR) is 134 cm³/mol. The van der Waals surface area contributed by atoms with Gasteiger partial charge in [0.05, 0.1) is 22.4 Å². The molecule has 9 nitrogen and oxygen atoms in total. The quantitative estimate of drug-likeness (QED) is 0.319. The van der Waals surface area contributed by atoms with Crippen molar-refractivity contribution in [2.75, 3.05) is 11.9 Å². The minimum absolute atomic E-state index is 0.165. The molecule has 2 fully saturated rings. The molecule has 4 N–H and O–H groups in total. The van der Waals surface area contributed by atoms with E-state index in [9.17, 15) is 23.1 Å². The summed E-state index contributed by atoms with van der Waals surface area (Å²) in [4.78, 5) is 25.8. The maximum atomic E-state index is 12.5. The molecule has 2 saturated carbocycles. The Morgan fingerprint density at radius 2 is 1.95 bits per heavy atom. The summed E-state index contributed by atoms with van der Waals surface area (Å²) >= 11 is 1.33. The summed E-state index contributed by atoms with van der Waals surface area (Å²) in [5.41, 5.74) is 2.44. The molecular formula is C25H28F3N5O4S. The summed E-state index contributed by atoms with van der Waals surface area (Å²) in [5, 5.41) is 24.8. The fraction of sp³-hybridized carbons (Fsp3) is 0.520. The van der Waals surface area contributed by atoms with Gasteiger partial charge in [-0.25, -0.2) is 15.0 Å². The molecule has 0 aliphatic heterocycles. The van der Waals surface area contributed by atoms with E-state index in [1.54, 1.807) is 12.4 Å². The number of benzene rings is 1. The van der Waals surface area contributed by atoms with Crippen LogP contribution in [0.2, 0.25) is 0 Å². The van der Waals surface area contributed by atoms with Crippen molar-refractivity contribution in [2.45, 2.75) is 69.2 Å². The van der Waals surface area contributed by atoms with Crippen LogP contribution in [0, 0.1) is 5.92 Å². The molecule has 1 aromatic carbocycles. The number of rotatable bonds is 9. The molecule has 38 heavy (non-hydrogen) atoms. The number of hydrogen-bond donors (Lipinski definition) is 4. The first-order chi connectivity index (χ1) is 18.2. The number of carbonyl (C=O) groups excluding carboxylic acids is 1. The Labute approximate surface area is 220 Å². The Hall–Kier alpha value is -2.71. The largest absolute Gasteiger partial charge is 0.415 e. The number of ether oxygens (including phenoxy) is 1. The third kappa shape index (κ3) is 6.29. The van der Waals surface area contributed by atoms with Crippen molar-refractivity contribution in [1.82, 2.24) is 20.3 Å². The van der Waals surface area contributed by atoms with Gasteiger partial charge in [-0.1, -0.05) is 17.4 Å². The number of fused-ring (bicyclic) bond motifs is 1. The van der Waals surface area contributed by atoms with Crippen LogP contribution in [0.25, 0.3) is 21.3 Å². The second-order valence-electron chi connectivity index (χ2n) is 9.76. The molecule has 13 heteroatoms. The molecule has 2 aliphatic rings. The second kappa shape index (κ2) is 11.2. The fourth-order valence-electron chi connectivity index (χ4n) is 4.62. The Balaban J connectivity index is 1.13. The number of thiazole rings is 1. The van der Waals surface area contributed by atoms with Crippen LogP contribution in [0.1, 0.15) is 37.9 Å². The van der Waals surface area contributed by atoms with Crippen LogP contribution in [0.4, 0.5) is 18.3 Å². The highest BCUT2D eigenvalue weighted by Gasteiger charge is 2.40. The number of anilines is 1. The Morgan fingerprint density at radius 3 is 2.63 bits per heavy atom. The summed E-state index contributed by atoms with van der Waals surface area (Å²) in [5.74, 6) is -0.00797. The van der Waals surface area contributed by atoms with Crippen LogP contribution in [-0.2, 0) is 16.1 Å². The molecule has 0 bridgehead atoms. The van der Waals surface area contributed by atoms with Crippen molar-refractivity contribution in [1.29, 1.82) is 0 Å². The maximum absolute atomic E-state index is 12.5. The van der Waals surface area contributed by atoms with Gasteiger partial charge in [-0.15, -0.1) is 0 Å².